The largest absolute Gasteiger partial charge is 0.392 e. The predicted molar refractivity (Wildman–Crippen MR) is 81.3 cm³/mol. The molecule has 1 aliphatic rings. The van der Waals surface area contributed by atoms with Crippen molar-refractivity contribution in [3.63, 3.8) is 0 Å². The molecule has 1 heterocycles. The Kier molecular flexibility index (Phi) is 5.86. The van der Waals surface area contributed by atoms with Gasteiger partial charge in [0.1, 0.15) is 0 Å². The van der Waals surface area contributed by atoms with Gasteiger partial charge in [0.2, 0.25) is 10.0 Å². The van der Waals surface area contributed by atoms with Gasteiger partial charge in [-0.05, 0) is 17.7 Å². The van der Waals surface area contributed by atoms with E-state index in [2.05, 4.69) is 9.62 Å². The summed E-state index contributed by atoms with van der Waals surface area (Å²) in [6.45, 7) is 3.03. The van der Waals surface area contributed by atoms with Gasteiger partial charge in [0.05, 0.1) is 11.5 Å². The maximum Gasteiger partial charge on any atom is 0.240 e. The van der Waals surface area contributed by atoms with Gasteiger partial charge in [-0.25, -0.2) is 13.1 Å². The fourth-order valence-corrected chi connectivity index (χ4v) is 4.13. The lowest BCUT2D eigenvalue weighted by molar-refractivity contribution is 0.281. The van der Waals surface area contributed by atoms with E-state index < -0.39 is 10.0 Å². The van der Waals surface area contributed by atoms with Crippen molar-refractivity contribution in [3.05, 3.63) is 29.8 Å². The molecule has 2 rings (SSSR count). The van der Waals surface area contributed by atoms with Crippen LogP contribution < -0.4 is 4.72 Å². The highest BCUT2D eigenvalue weighted by Crippen LogP contribution is 2.12. The molecule has 112 valence electrons. The van der Waals surface area contributed by atoms with Gasteiger partial charge >= 0.3 is 0 Å². The summed E-state index contributed by atoms with van der Waals surface area (Å²) in [7, 11) is -3.49. The molecule has 0 spiro atoms. The molecule has 1 fully saturated rings. The van der Waals surface area contributed by atoms with Crippen LogP contribution in [0.25, 0.3) is 0 Å². The molecule has 2 N–H and O–H groups in total. The smallest absolute Gasteiger partial charge is 0.240 e. The molecule has 0 amide bonds. The lowest BCUT2D eigenvalue weighted by atomic mass is 10.2. The average Bonchev–Trinajstić information content (AvgIpc) is 2.48. The second-order valence-corrected chi connectivity index (χ2v) is 7.65. The van der Waals surface area contributed by atoms with Crippen molar-refractivity contribution in [1.29, 1.82) is 0 Å². The third-order valence-corrected chi connectivity index (χ3v) is 5.62. The van der Waals surface area contributed by atoms with Gasteiger partial charge in [0.25, 0.3) is 0 Å². The Hall–Kier alpha value is -0.600. The number of hydrogen-bond acceptors (Lipinski definition) is 5. The van der Waals surface area contributed by atoms with Gasteiger partial charge in [-0.3, -0.25) is 0 Å². The van der Waals surface area contributed by atoms with Crippen LogP contribution in [0, 0.1) is 0 Å². The molecule has 1 aromatic carbocycles. The first-order chi connectivity index (χ1) is 9.62. The summed E-state index contributed by atoms with van der Waals surface area (Å²) in [6, 6.07) is 6.38. The number of nitrogens with one attached hydrogen (secondary N) is 1. The number of aliphatic hydroxyl groups excluding tert-OH is 1. The van der Waals surface area contributed by atoms with Gasteiger partial charge in [-0.1, -0.05) is 12.1 Å². The molecule has 7 heteroatoms. The highest BCUT2D eigenvalue weighted by atomic mass is 32.2. The van der Waals surface area contributed by atoms with Crippen LogP contribution in [-0.2, 0) is 16.6 Å². The molecule has 0 radical (unpaired) electrons. The first-order valence-electron chi connectivity index (χ1n) is 6.61. The van der Waals surface area contributed by atoms with E-state index in [9.17, 15) is 8.42 Å². The van der Waals surface area contributed by atoms with Crippen LogP contribution in [0.4, 0.5) is 0 Å². The molecule has 5 nitrogen and oxygen atoms in total. The van der Waals surface area contributed by atoms with Crippen LogP contribution in [0.3, 0.4) is 0 Å². The maximum atomic E-state index is 12.1. The second-order valence-electron chi connectivity index (χ2n) is 4.66. The Bertz CT molecular complexity index is 528. The molecule has 0 saturated carbocycles. The van der Waals surface area contributed by atoms with Crippen LogP contribution in [0.1, 0.15) is 5.56 Å². The van der Waals surface area contributed by atoms with Crippen molar-refractivity contribution in [3.8, 4) is 0 Å². The lowest BCUT2D eigenvalue weighted by Crippen LogP contribution is -2.39. The summed E-state index contributed by atoms with van der Waals surface area (Å²) in [5.74, 6) is 2.23. The van der Waals surface area contributed by atoms with Crippen molar-refractivity contribution in [2.75, 3.05) is 37.7 Å². The highest BCUT2D eigenvalue weighted by molar-refractivity contribution is 7.99. The molecule has 0 aliphatic carbocycles. The van der Waals surface area contributed by atoms with Gasteiger partial charge in [-0.15, -0.1) is 0 Å². The molecule has 0 bridgehead atoms. The SMILES string of the molecule is O=S(=O)(NCCN1CCSCC1)c1cccc(CO)c1. The Morgan fingerprint density at radius 2 is 2.05 bits per heavy atom. The van der Waals surface area contributed by atoms with E-state index in [1.165, 1.54) is 6.07 Å². The van der Waals surface area contributed by atoms with Crippen LogP contribution in [-0.4, -0.2) is 56.1 Å². The third kappa shape index (κ3) is 4.46. The van der Waals surface area contributed by atoms with Crippen molar-refractivity contribution >= 4 is 21.8 Å². The summed E-state index contributed by atoms with van der Waals surface area (Å²) in [6.07, 6.45) is 0. The average molecular weight is 316 g/mol. The number of rotatable bonds is 6. The van der Waals surface area contributed by atoms with E-state index in [4.69, 9.17) is 5.11 Å². The normalized spacial score (nSPS) is 17.2. The van der Waals surface area contributed by atoms with Crippen LogP contribution in [0.5, 0.6) is 0 Å². The van der Waals surface area contributed by atoms with Gasteiger partial charge in [0.15, 0.2) is 0 Å². The number of hydrogen-bond donors (Lipinski definition) is 2. The minimum absolute atomic E-state index is 0.158. The van der Waals surface area contributed by atoms with Crippen molar-refractivity contribution in [1.82, 2.24) is 9.62 Å². The molecule has 1 saturated heterocycles. The summed E-state index contributed by atoms with van der Waals surface area (Å²) in [5, 5.41) is 9.05. The summed E-state index contributed by atoms with van der Waals surface area (Å²) in [4.78, 5) is 2.47. The summed E-state index contributed by atoms with van der Waals surface area (Å²) in [5.41, 5.74) is 0.598. The number of sulfonamides is 1. The van der Waals surface area contributed by atoms with Crippen LogP contribution >= 0.6 is 11.8 Å². The molecular formula is C13H20N2O3S2. The second kappa shape index (κ2) is 7.42. The minimum Gasteiger partial charge on any atom is -0.392 e. The van der Waals surface area contributed by atoms with Crippen LogP contribution in [0.15, 0.2) is 29.2 Å². The molecule has 0 atom stereocenters. The molecule has 1 aromatic rings. The van der Waals surface area contributed by atoms with E-state index in [1.807, 2.05) is 11.8 Å². The zero-order valence-electron chi connectivity index (χ0n) is 11.3. The molecule has 0 aromatic heterocycles. The van der Waals surface area contributed by atoms with Crippen LogP contribution in [0.2, 0.25) is 0 Å². The van der Waals surface area contributed by atoms with E-state index in [1.54, 1.807) is 18.2 Å². The van der Waals surface area contributed by atoms with Gasteiger partial charge < -0.3 is 10.0 Å². The molecule has 1 aliphatic heterocycles. The monoisotopic (exact) mass is 316 g/mol. The molecular weight excluding hydrogens is 296 g/mol. The fourth-order valence-electron chi connectivity index (χ4n) is 2.06. The number of nitrogens with zero attached hydrogens (tertiary/aromatic N) is 1. The van der Waals surface area contributed by atoms with Crippen molar-refractivity contribution in [2.24, 2.45) is 0 Å². The first kappa shape index (κ1) is 15.8. The third-order valence-electron chi connectivity index (χ3n) is 3.22. The minimum atomic E-state index is -3.49. The first-order valence-corrected chi connectivity index (χ1v) is 9.25. The van der Waals surface area contributed by atoms with E-state index in [-0.39, 0.29) is 11.5 Å². The summed E-state index contributed by atoms with van der Waals surface area (Å²) < 4.78 is 26.9. The molecule has 20 heavy (non-hydrogen) atoms. The van der Waals surface area contributed by atoms with Gasteiger partial charge in [-0.2, -0.15) is 11.8 Å². The van der Waals surface area contributed by atoms with Gasteiger partial charge in [0, 0.05) is 37.7 Å². The van der Waals surface area contributed by atoms with E-state index in [0.29, 0.717) is 12.1 Å². The Morgan fingerprint density at radius 3 is 2.75 bits per heavy atom. The van der Waals surface area contributed by atoms with Crippen molar-refractivity contribution < 1.29 is 13.5 Å². The van der Waals surface area contributed by atoms with E-state index in [0.717, 1.165) is 31.1 Å². The summed E-state index contributed by atoms with van der Waals surface area (Å²) >= 11 is 1.93. The standard InChI is InChI=1S/C13H20N2O3S2/c16-11-12-2-1-3-13(10-12)20(17,18)14-4-5-15-6-8-19-9-7-15/h1-3,10,14,16H,4-9,11H2. The topological polar surface area (TPSA) is 69.6 Å². The Labute approximate surface area is 124 Å². The van der Waals surface area contributed by atoms with Crippen molar-refractivity contribution in [2.45, 2.75) is 11.5 Å². The lowest BCUT2D eigenvalue weighted by Gasteiger charge is -2.25. The highest BCUT2D eigenvalue weighted by Gasteiger charge is 2.15. The zero-order valence-corrected chi connectivity index (χ0v) is 12.9. The predicted octanol–water partition coefficient (Wildman–Crippen LogP) is 0.506. The Balaban J connectivity index is 1.89. The maximum absolute atomic E-state index is 12.1. The number of aliphatic hydroxyl groups is 1. The number of benzene rings is 1. The molecule has 0 unspecified atom stereocenters. The Morgan fingerprint density at radius 1 is 1.30 bits per heavy atom. The van der Waals surface area contributed by atoms with E-state index >= 15 is 0 Å². The zero-order chi connectivity index (χ0) is 14.4. The quantitative estimate of drug-likeness (QED) is 0.800. The fraction of sp³-hybridized carbons (Fsp3) is 0.538. The number of thioether (sulfide) groups is 1.